The van der Waals surface area contributed by atoms with Gasteiger partial charge in [-0.3, -0.25) is 9.59 Å². The molecule has 1 fully saturated rings. The summed E-state index contributed by atoms with van der Waals surface area (Å²) in [5.74, 6) is -0.696. The molecule has 2 amide bonds. The lowest BCUT2D eigenvalue weighted by molar-refractivity contribution is -0.274. The Labute approximate surface area is 226 Å². The van der Waals surface area contributed by atoms with Gasteiger partial charge in [0, 0.05) is 17.8 Å². The molecule has 0 atom stereocenters. The van der Waals surface area contributed by atoms with Crippen LogP contribution in [-0.2, 0) is 11.3 Å². The Kier molecular flexibility index (Phi) is 7.47. The van der Waals surface area contributed by atoms with Gasteiger partial charge in [0.1, 0.15) is 5.75 Å². The number of nitrogens with zero attached hydrogens (tertiary/aromatic N) is 2. The molecule has 1 saturated carbocycles. The Hall–Kier alpha value is -4.05. The lowest BCUT2D eigenvalue weighted by Crippen LogP contribution is -2.28. The van der Waals surface area contributed by atoms with Crippen LogP contribution in [0.1, 0.15) is 41.6 Å². The summed E-state index contributed by atoms with van der Waals surface area (Å²) in [7, 11) is 0. The van der Waals surface area contributed by atoms with Crippen LogP contribution in [0.3, 0.4) is 0 Å². The van der Waals surface area contributed by atoms with Crippen LogP contribution in [0.4, 0.5) is 18.9 Å². The van der Waals surface area contributed by atoms with E-state index in [4.69, 9.17) is 11.6 Å². The van der Waals surface area contributed by atoms with E-state index in [1.807, 2.05) is 0 Å². The van der Waals surface area contributed by atoms with Gasteiger partial charge in [-0.05, 0) is 66.9 Å². The quantitative estimate of drug-likeness (QED) is 0.267. The van der Waals surface area contributed by atoms with Crippen LogP contribution in [0.15, 0.2) is 66.9 Å². The highest BCUT2D eigenvalue weighted by Gasteiger charge is 2.31. The predicted octanol–water partition coefficient (Wildman–Crippen LogP) is 6.64. The highest BCUT2D eigenvalue weighted by atomic mass is 35.5. The third-order valence-corrected chi connectivity index (χ3v) is 6.97. The molecule has 202 valence electrons. The molecule has 1 heterocycles. The number of aromatic nitrogens is 2. The molecule has 2 N–H and O–H groups in total. The van der Waals surface area contributed by atoms with Crippen LogP contribution in [0.2, 0.25) is 5.02 Å². The largest absolute Gasteiger partial charge is 0.573 e. The van der Waals surface area contributed by atoms with Crippen molar-refractivity contribution in [3.63, 3.8) is 0 Å². The maximum absolute atomic E-state index is 13.2. The second-order valence-electron chi connectivity index (χ2n) is 9.30. The van der Waals surface area contributed by atoms with Crippen molar-refractivity contribution in [3.05, 3.63) is 83.0 Å². The van der Waals surface area contributed by atoms with Crippen LogP contribution in [0.25, 0.3) is 16.6 Å². The smallest absolute Gasteiger partial charge is 0.406 e. The number of nitrogens with one attached hydrogen (secondary N) is 2. The predicted molar refractivity (Wildman–Crippen MR) is 141 cm³/mol. The van der Waals surface area contributed by atoms with Gasteiger partial charge in [0.05, 0.1) is 33.7 Å². The van der Waals surface area contributed by atoms with E-state index >= 15 is 0 Å². The van der Waals surface area contributed by atoms with E-state index in [1.165, 1.54) is 24.3 Å². The minimum absolute atomic E-state index is 0.0275. The molecule has 4 aromatic rings. The Morgan fingerprint density at radius 1 is 1.05 bits per heavy atom. The zero-order chi connectivity index (χ0) is 27.6. The van der Waals surface area contributed by atoms with Crippen LogP contribution >= 0.6 is 11.6 Å². The first-order chi connectivity index (χ1) is 18.7. The number of amides is 2. The maximum Gasteiger partial charge on any atom is 0.573 e. The molecule has 5 rings (SSSR count). The first-order valence-electron chi connectivity index (χ1n) is 12.4. The first-order valence-corrected chi connectivity index (χ1v) is 12.8. The SMILES string of the molecule is O=C(Nc1cccc2c1cnn2-c1ccc(OC(F)(F)F)cc1)c1cc(CNC(=O)C2CCCC2)ccc1Cl. The second kappa shape index (κ2) is 11.0. The fourth-order valence-electron chi connectivity index (χ4n) is 4.72. The Morgan fingerprint density at radius 3 is 2.51 bits per heavy atom. The van der Waals surface area contributed by atoms with Crippen molar-refractivity contribution < 1.29 is 27.5 Å². The number of rotatable bonds is 7. The average Bonchev–Trinajstić information content (AvgIpc) is 3.59. The fraction of sp³-hybridized carbons (Fsp3) is 0.250. The lowest BCUT2D eigenvalue weighted by Gasteiger charge is -2.12. The highest BCUT2D eigenvalue weighted by Crippen LogP contribution is 2.29. The molecular formula is C28H24ClF3N4O3. The van der Waals surface area contributed by atoms with E-state index in [1.54, 1.807) is 47.3 Å². The highest BCUT2D eigenvalue weighted by molar-refractivity contribution is 6.34. The molecular weight excluding hydrogens is 533 g/mol. The van der Waals surface area contributed by atoms with E-state index < -0.39 is 12.3 Å². The van der Waals surface area contributed by atoms with Gasteiger partial charge < -0.3 is 15.4 Å². The summed E-state index contributed by atoms with van der Waals surface area (Å²) in [4.78, 5) is 25.6. The third-order valence-electron chi connectivity index (χ3n) is 6.64. The van der Waals surface area contributed by atoms with E-state index in [0.29, 0.717) is 28.8 Å². The summed E-state index contributed by atoms with van der Waals surface area (Å²) in [5, 5.41) is 11.1. The van der Waals surface area contributed by atoms with Crippen LogP contribution in [0, 0.1) is 5.92 Å². The summed E-state index contributed by atoms with van der Waals surface area (Å²) in [6.45, 7) is 0.294. The molecule has 1 aliphatic carbocycles. The molecule has 1 aliphatic rings. The number of carbonyl (C=O) groups is 2. The van der Waals surface area contributed by atoms with Crippen LogP contribution < -0.4 is 15.4 Å². The monoisotopic (exact) mass is 556 g/mol. The number of alkyl halides is 3. The van der Waals surface area contributed by atoms with Crippen molar-refractivity contribution in [3.8, 4) is 11.4 Å². The minimum Gasteiger partial charge on any atom is -0.406 e. The Bertz CT molecular complexity index is 1510. The summed E-state index contributed by atoms with van der Waals surface area (Å²) in [6.07, 6.45) is 0.719. The van der Waals surface area contributed by atoms with Gasteiger partial charge in [-0.1, -0.05) is 36.6 Å². The second-order valence-corrected chi connectivity index (χ2v) is 9.71. The number of hydrogen-bond acceptors (Lipinski definition) is 4. The van der Waals surface area contributed by atoms with Gasteiger partial charge >= 0.3 is 6.36 Å². The average molecular weight is 557 g/mol. The molecule has 0 aliphatic heterocycles. The zero-order valence-electron chi connectivity index (χ0n) is 20.6. The Balaban J connectivity index is 1.32. The van der Waals surface area contributed by atoms with Gasteiger partial charge in [-0.15, -0.1) is 13.2 Å². The molecule has 3 aromatic carbocycles. The summed E-state index contributed by atoms with van der Waals surface area (Å²) >= 11 is 6.33. The van der Waals surface area contributed by atoms with Gasteiger partial charge in [-0.2, -0.15) is 5.10 Å². The molecule has 0 saturated heterocycles. The Morgan fingerprint density at radius 2 is 1.79 bits per heavy atom. The zero-order valence-corrected chi connectivity index (χ0v) is 21.4. The van der Waals surface area contributed by atoms with Gasteiger partial charge in [-0.25, -0.2) is 4.68 Å². The number of benzene rings is 3. The molecule has 1 aromatic heterocycles. The number of halogens is 4. The van der Waals surface area contributed by atoms with Crippen LogP contribution in [0.5, 0.6) is 5.75 Å². The fourth-order valence-corrected chi connectivity index (χ4v) is 4.93. The third kappa shape index (κ3) is 6.17. The number of carbonyl (C=O) groups excluding carboxylic acids is 2. The maximum atomic E-state index is 13.2. The summed E-state index contributed by atoms with van der Waals surface area (Å²) < 4.78 is 42.9. The van der Waals surface area contributed by atoms with Gasteiger partial charge in [0.25, 0.3) is 5.91 Å². The number of anilines is 1. The summed E-state index contributed by atoms with van der Waals surface area (Å²) in [5.41, 5.74) is 2.63. The molecule has 0 radical (unpaired) electrons. The van der Waals surface area contributed by atoms with E-state index in [-0.39, 0.29) is 28.2 Å². The van der Waals surface area contributed by atoms with Crippen molar-refractivity contribution in [2.45, 2.75) is 38.6 Å². The topological polar surface area (TPSA) is 85.2 Å². The standard InChI is InChI=1S/C28H24ClF3N4O3/c29-23-13-8-17(15-33-26(37)18-4-1-2-5-18)14-21(23)27(38)35-24-6-3-7-25-22(24)16-34-36(25)19-9-11-20(12-10-19)39-28(30,31)32/h3,6-14,16,18H,1-2,4-5,15H2,(H,33,37)(H,35,38). The molecule has 39 heavy (non-hydrogen) atoms. The number of hydrogen-bond donors (Lipinski definition) is 2. The van der Waals surface area contributed by atoms with Crippen molar-refractivity contribution in [2.75, 3.05) is 5.32 Å². The van der Waals surface area contributed by atoms with Crippen LogP contribution in [-0.4, -0.2) is 28.0 Å². The van der Waals surface area contributed by atoms with Crippen molar-refractivity contribution >= 4 is 40.0 Å². The molecule has 7 nitrogen and oxygen atoms in total. The van der Waals surface area contributed by atoms with E-state index in [2.05, 4.69) is 20.5 Å². The van der Waals surface area contributed by atoms with Crippen molar-refractivity contribution in [1.82, 2.24) is 15.1 Å². The molecule has 0 spiro atoms. The summed E-state index contributed by atoms with van der Waals surface area (Å²) in [6, 6.07) is 15.6. The normalized spacial score (nSPS) is 13.9. The molecule has 11 heteroatoms. The lowest BCUT2D eigenvalue weighted by atomic mass is 10.1. The van der Waals surface area contributed by atoms with Gasteiger partial charge in [0.2, 0.25) is 5.91 Å². The molecule has 0 bridgehead atoms. The number of ether oxygens (including phenoxy) is 1. The van der Waals surface area contributed by atoms with E-state index in [0.717, 1.165) is 31.2 Å². The van der Waals surface area contributed by atoms with Crippen molar-refractivity contribution in [2.24, 2.45) is 5.92 Å². The molecule has 0 unspecified atom stereocenters. The van der Waals surface area contributed by atoms with Gasteiger partial charge in [0.15, 0.2) is 0 Å². The van der Waals surface area contributed by atoms with Crippen molar-refractivity contribution in [1.29, 1.82) is 0 Å². The first kappa shape index (κ1) is 26.6. The minimum atomic E-state index is -4.78. The van der Waals surface area contributed by atoms with E-state index in [9.17, 15) is 22.8 Å². The number of fused-ring (bicyclic) bond motifs is 1.